The minimum absolute atomic E-state index is 0.0648. The number of unbranched alkanes of at least 4 members (excludes halogenated alkanes) is 5. The fourth-order valence-corrected chi connectivity index (χ4v) is 4.57. The van der Waals surface area contributed by atoms with E-state index in [2.05, 4.69) is 13.8 Å². The van der Waals surface area contributed by atoms with Crippen molar-refractivity contribution in [3.8, 4) is 11.5 Å². The smallest absolute Gasteiger partial charge is 0.373 e. The molecule has 0 radical (unpaired) electrons. The Hall–Kier alpha value is -1.54. The average molecular weight is 459 g/mol. The summed E-state index contributed by atoms with van der Waals surface area (Å²) in [5.74, 6) is 0.431. The molecule has 6 nitrogen and oxygen atoms in total. The van der Waals surface area contributed by atoms with Crippen molar-refractivity contribution in [3.63, 3.8) is 0 Å². The molecule has 1 heterocycles. The molecule has 1 N–H and O–H groups in total. The van der Waals surface area contributed by atoms with Gasteiger partial charge in [-0.25, -0.2) is 4.79 Å². The molecular formula is C22H34O6S2. The molecule has 0 fully saturated rings. The number of thioether (sulfide) groups is 1. The lowest BCUT2D eigenvalue weighted by molar-refractivity contribution is -0.147. The van der Waals surface area contributed by atoms with E-state index in [9.17, 15) is 13.8 Å². The second-order valence-electron chi connectivity index (χ2n) is 7.22. The predicted molar refractivity (Wildman–Crippen MR) is 123 cm³/mol. The average Bonchev–Trinajstić information content (AvgIpc) is 3.19. The number of benzene rings is 1. The molecule has 8 heteroatoms. The van der Waals surface area contributed by atoms with Crippen LogP contribution < -0.4 is 9.47 Å². The number of hydrogen-bond donors (Lipinski definition) is 1. The van der Waals surface area contributed by atoms with Gasteiger partial charge >= 0.3 is 5.97 Å². The molecule has 0 aromatic heterocycles. The lowest BCUT2D eigenvalue weighted by Crippen LogP contribution is -2.16. The maximum atomic E-state index is 12.3. The van der Waals surface area contributed by atoms with Crippen molar-refractivity contribution in [1.82, 2.24) is 0 Å². The third-order valence-corrected chi connectivity index (χ3v) is 6.93. The third kappa shape index (κ3) is 10.5. The molecule has 30 heavy (non-hydrogen) atoms. The molecule has 0 saturated heterocycles. The van der Waals surface area contributed by atoms with Gasteiger partial charge in [-0.15, -0.1) is 0 Å². The van der Waals surface area contributed by atoms with Gasteiger partial charge in [-0.3, -0.25) is 9.00 Å². The second-order valence-corrected chi connectivity index (χ2v) is 10.1. The van der Waals surface area contributed by atoms with Crippen molar-refractivity contribution in [1.29, 1.82) is 0 Å². The normalized spacial score (nSPS) is 13.8. The van der Waals surface area contributed by atoms with Crippen LogP contribution >= 0.6 is 11.8 Å². The SMILES string of the molecule is CCCCCCCCS(=O)C(C)Cc1ccc2c(c1)OCO2.CSCC(=O)C(=O)O. The zero-order valence-corrected chi connectivity index (χ0v) is 19.8. The highest BCUT2D eigenvalue weighted by atomic mass is 32.2. The van der Waals surface area contributed by atoms with Crippen LogP contribution in [0.3, 0.4) is 0 Å². The van der Waals surface area contributed by atoms with Crippen LogP contribution in [0.1, 0.15) is 57.9 Å². The van der Waals surface area contributed by atoms with Crippen LogP contribution in [0.15, 0.2) is 18.2 Å². The Morgan fingerprint density at radius 2 is 1.80 bits per heavy atom. The van der Waals surface area contributed by atoms with E-state index in [4.69, 9.17) is 14.6 Å². The van der Waals surface area contributed by atoms with Gasteiger partial charge in [-0.2, -0.15) is 11.8 Å². The van der Waals surface area contributed by atoms with E-state index in [-0.39, 0.29) is 11.0 Å². The maximum absolute atomic E-state index is 12.3. The first-order valence-electron chi connectivity index (χ1n) is 10.4. The molecule has 0 amide bonds. The van der Waals surface area contributed by atoms with Gasteiger partial charge in [0.15, 0.2) is 11.5 Å². The van der Waals surface area contributed by atoms with Crippen molar-refractivity contribution in [2.24, 2.45) is 0 Å². The maximum Gasteiger partial charge on any atom is 0.373 e. The first kappa shape index (κ1) is 26.5. The molecule has 2 unspecified atom stereocenters. The number of carboxylic acids is 1. The van der Waals surface area contributed by atoms with Gasteiger partial charge in [-0.05, 0) is 36.8 Å². The van der Waals surface area contributed by atoms with E-state index in [1.165, 1.54) is 49.4 Å². The molecule has 1 aliphatic heterocycles. The molecule has 1 aliphatic rings. The fraction of sp³-hybridized carbons (Fsp3) is 0.636. The number of ketones is 1. The van der Waals surface area contributed by atoms with Crippen LogP contribution in [-0.4, -0.2) is 50.9 Å². The zero-order chi connectivity index (χ0) is 22.4. The summed E-state index contributed by atoms with van der Waals surface area (Å²) in [5, 5.41) is 8.14. The van der Waals surface area contributed by atoms with E-state index < -0.39 is 22.6 Å². The standard InChI is InChI=1S/C18H28O3S.C4H6O3S/c1-3-4-5-6-7-8-11-22(19)15(2)12-16-9-10-17-18(13-16)21-14-20-17;1-8-2-3(5)4(6)7/h9-10,13,15H,3-8,11-12,14H2,1-2H3;2H2,1H3,(H,6,7). The van der Waals surface area contributed by atoms with Gasteiger partial charge in [0, 0.05) is 21.8 Å². The summed E-state index contributed by atoms with van der Waals surface area (Å²) >= 11 is 1.21. The highest BCUT2D eigenvalue weighted by molar-refractivity contribution is 7.99. The van der Waals surface area contributed by atoms with Gasteiger partial charge < -0.3 is 14.6 Å². The quantitative estimate of drug-likeness (QED) is 0.345. The van der Waals surface area contributed by atoms with Crippen LogP contribution in [0.2, 0.25) is 0 Å². The molecular weight excluding hydrogens is 424 g/mol. The summed E-state index contributed by atoms with van der Waals surface area (Å²) < 4.78 is 23.0. The predicted octanol–water partition coefficient (Wildman–Crippen LogP) is 4.46. The number of carbonyl (C=O) groups is 2. The van der Waals surface area contributed by atoms with Gasteiger partial charge in [-0.1, -0.05) is 52.0 Å². The Kier molecular flexibility index (Phi) is 13.5. The first-order valence-corrected chi connectivity index (χ1v) is 13.2. The fourth-order valence-electron chi connectivity index (χ4n) is 2.91. The number of Topliss-reactive ketones (excluding diaryl/α,β-unsaturated/α-hetero) is 1. The summed E-state index contributed by atoms with van der Waals surface area (Å²) in [6.45, 7) is 4.61. The summed E-state index contributed by atoms with van der Waals surface area (Å²) in [4.78, 5) is 19.8. The van der Waals surface area contributed by atoms with E-state index in [1.54, 1.807) is 6.26 Å². The van der Waals surface area contributed by atoms with Crippen LogP contribution in [0.25, 0.3) is 0 Å². The molecule has 0 bridgehead atoms. The number of fused-ring (bicyclic) bond motifs is 1. The molecule has 2 atom stereocenters. The monoisotopic (exact) mass is 458 g/mol. The van der Waals surface area contributed by atoms with E-state index in [1.807, 2.05) is 18.2 Å². The highest BCUT2D eigenvalue weighted by Gasteiger charge is 2.16. The Morgan fingerprint density at radius 3 is 2.43 bits per heavy atom. The number of carboxylic acid groups (broad SMARTS) is 1. The molecule has 1 aromatic carbocycles. The molecule has 2 rings (SSSR count). The number of rotatable bonds is 13. The summed E-state index contributed by atoms with van der Waals surface area (Å²) in [6.07, 6.45) is 10.0. The van der Waals surface area contributed by atoms with Crippen molar-refractivity contribution in [2.75, 3.05) is 24.6 Å². The summed E-state index contributed by atoms with van der Waals surface area (Å²) in [5.41, 5.74) is 1.17. The highest BCUT2D eigenvalue weighted by Crippen LogP contribution is 2.33. The summed E-state index contributed by atoms with van der Waals surface area (Å²) in [6, 6.07) is 6.01. The van der Waals surface area contributed by atoms with Crippen LogP contribution in [0, 0.1) is 0 Å². The lowest BCUT2D eigenvalue weighted by atomic mass is 10.1. The number of carbonyl (C=O) groups excluding carboxylic acids is 1. The number of ether oxygens (including phenoxy) is 2. The van der Waals surface area contributed by atoms with Crippen molar-refractivity contribution in [2.45, 2.75) is 64.0 Å². The van der Waals surface area contributed by atoms with Gasteiger partial charge in [0.25, 0.3) is 0 Å². The van der Waals surface area contributed by atoms with E-state index in [0.717, 1.165) is 30.1 Å². The molecule has 0 spiro atoms. The lowest BCUT2D eigenvalue weighted by Gasteiger charge is -2.12. The van der Waals surface area contributed by atoms with Gasteiger partial charge in [0.2, 0.25) is 12.6 Å². The largest absolute Gasteiger partial charge is 0.475 e. The number of aliphatic carboxylic acids is 1. The first-order chi connectivity index (χ1) is 14.4. The molecule has 1 aromatic rings. The summed E-state index contributed by atoms with van der Waals surface area (Å²) in [7, 11) is -0.743. The number of hydrogen-bond acceptors (Lipinski definition) is 6. The van der Waals surface area contributed by atoms with Crippen molar-refractivity contribution < 1.29 is 28.4 Å². The van der Waals surface area contributed by atoms with Crippen molar-refractivity contribution >= 4 is 34.3 Å². The van der Waals surface area contributed by atoms with Crippen LogP contribution in [0.5, 0.6) is 11.5 Å². The van der Waals surface area contributed by atoms with Crippen LogP contribution in [-0.2, 0) is 26.8 Å². The van der Waals surface area contributed by atoms with Crippen molar-refractivity contribution in [3.05, 3.63) is 23.8 Å². The Labute approximate surface area is 186 Å². The topological polar surface area (TPSA) is 89.9 Å². The van der Waals surface area contributed by atoms with Gasteiger partial charge in [0.05, 0.1) is 5.75 Å². The second kappa shape index (κ2) is 15.3. The Bertz CT molecular complexity index is 692. The zero-order valence-electron chi connectivity index (χ0n) is 18.2. The van der Waals surface area contributed by atoms with Gasteiger partial charge in [0.1, 0.15) is 0 Å². The Balaban J connectivity index is 0.000000479. The molecule has 0 aliphatic carbocycles. The van der Waals surface area contributed by atoms with E-state index in [0.29, 0.717) is 6.79 Å². The van der Waals surface area contributed by atoms with E-state index >= 15 is 0 Å². The minimum Gasteiger partial charge on any atom is -0.475 e. The molecule has 170 valence electrons. The van der Waals surface area contributed by atoms with Crippen LogP contribution in [0.4, 0.5) is 0 Å². The Morgan fingerprint density at radius 1 is 1.13 bits per heavy atom. The third-order valence-electron chi connectivity index (χ3n) is 4.62. The minimum atomic E-state index is -1.35. The molecule has 0 saturated carbocycles.